The van der Waals surface area contributed by atoms with Gasteiger partial charge in [0, 0.05) is 31.8 Å². The Labute approximate surface area is 249 Å². The van der Waals surface area contributed by atoms with Gasteiger partial charge in [-0.3, -0.25) is 34.0 Å². The molecule has 0 aliphatic carbocycles. The molecule has 4 N–H and O–H groups in total. The normalized spacial score (nSPS) is 21.4. The Morgan fingerprint density at radius 2 is 1.55 bits per heavy atom. The zero-order chi connectivity index (χ0) is 29.3. The van der Waals surface area contributed by atoms with Crippen LogP contribution < -0.4 is 20.7 Å². The van der Waals surface area contributed by atoms with Gasteiger partial charge in [0.05, 0.1) is 11.7 Å². The minimum atomic E-state index is -1.26. The second-order valence-electron chi connectivity index (χ2n) is 10.7. The molecule has 2 aliphatic heterocycles. The SMILES string of the molecule is CC(C)C(CCCCNC(=O)CCCCCSC1CC(=O)NS1=O)NC(=O)CCCCCSC1CC(=O)NC1=O. The monoisotopic (exact) mass is 618 g/mol. The fourth-order valence-electron chi connectivity index (χ4n) is 4.46. The summed E-state index contributed by atoms with van der Waals surface area (Å²) in [4.78, 5) is 58.5. The third kappa shape index (κ3) is 14.3. The van der Waals surface area contributed by atoms with Crippen molar-refractivity contribution in [2.24, 2.45) is 5.92 Å². The number of imide groups is 1. The predicted molar refractivity (Wildman–Crippen MR) is 162 cm³/mol. The number of unbranched alkanes of at least 4 members (excludes halogenated alkanes) is 5. The predicted octanol–water partition coefficient (Wildman–Crippen LogP) is 2.93. The molecule has 0 aromatic carbocycles. The smallest absolute Gasteiger partial charge is 0.240 e. The lowest BCUT2D eigenvalue weighted by molar-refractivity contribution is -0.125. The van der Waals surface area contributed by atoms with Gasteiger partial charge >= 0.3 is 0 Å². The van der Waals surface area contributed by atoms with Crippen LogP contribution in [0, 0.1) is 5.92 Å². The zero-order valence-corrected chi connectivity index (χ0v) is 26.2. The Morgan fingerprint density at radius 3 is 2.15 bits per heavy atom. The molecule has 10 nitrogen and oxygen atoms in total. The van der Waals surface area contributed by atoms with Crippen molar-refractivity contribution in [3.63, 3.8) is 0 Å². The quantitative estimate of drug-likeness (QED) is 0.113. The molecule has 0 spiro atoms. The van der Waals surface area contributed by atoms with Crippen LogP contribution in [0.15, 0.2) is 0 Å². The van der Waals surface area contributed by atoms with Crippen molar-refractivity contribution in [1.29, 1.82) is 0 Å². The summed E-state index contributed by atoms with van der Waals surface area (Å²) in [7, 11) is -1.26. The Bertz CT molecular complexity index is 888. The van der Waals surface area contributed by atoms with E-state index in [1.165, 1.54) is 11.8 Å². The molecule has 0 saturated carbocycles. The first-order chi connectivity index (χ1) is 19.2. The molecule has 13 heteroatoms. The van der Waals surface area contributed by atoms with Crippen molar-refractivity contribution < 1.29 is 28.2 Å². The number of hydrogen-bond donors (Lipinski definition) is 4. The van der Waals surface area contributed by atoms with Crippen molar-refractivity contribution >= 4 is 64.0 Å². The largest absolute Gasteiger partial charge is 0.356 e. The van der Waals surface area contributed by atoms with Crippen LogP contribution in [0.1, 0.15) is 97.3 Å². The molecule has 2 heterocycles. The zero-order valence-electron chi connectivity index (χ0n) is 23.8. The fraction of sp³-hybridized carbons (Fsp3) is 0.815. The van der Waals surface area contributed by atoms with E-state index >= 15 is 0 Å². The molecule has 4 unspecified atom stereocenters. The molecule has 40 heavy (non-hydrogen) atoms. The Kier molecular flexibility index (Phi) is 16.9. The maximum atomic E-state index is 12.4. The summed E-state index contributed by atoms with van der Waals surface area (Å²) in [6.45, 7) is 4.85. The first-order valence-electron chi connectivity index (χ1n) is 14.5. The summed E-state index contributed by atoms with van der Waals surface area (Å²) in [6.07, 6.45) is 9.56. The maximum absolute atomic E-state index is 12.4. The van der Waals surface area contributed by atoms with E-state index in [0.717, 1.165) is 69.3 Å². The third-order valence-corrected chi connectivity index (χ3v) is 11.2. The minimum Gasteiger partial charge on any atom is -0.356 e. The number of carbonyl (C=O) groups excluding carboxylic acids is 5. The van der Waals surface area contributed by atoms with Crippen LogP contribution in [0.2, 0.25) is 0 Å². The van der Waals surface area contributed by atoms with Crippen LogP contribution in [0.4, 0.5) is 0 Å². The second-order valence-corrected chi connectivity index (χ2v) is 15.0. The van der Waals surface area contributed by atoms with Crippen LogP contribution in [0.25, 0.3) is 0 Å². The summed E-state index contributed by atoms with van der Waals surface area (Å²) in [5, 5.41) is 8.21. The molecule has 228 valence electrons. The summed E-state index contributed by atoms with van der Waals surface area (Å²) in [5.74, 6) is 1.58. The van der Waals surface area contributed by atoms with E-state index in [1.54, 1.807) is 11.8 Å². The highest BCUT2D eigenvalue weighted by molar-refractivity contribution is 8.11. The van der Waals surface area contributed by atoms with E-state index in [-0.39, 0.29) is 51.8 Å². The van der Waals surface area contributed by atoms with Gasteiger partial charge in [-0.15, -0.1) is 23.5 Å². The second kappa shape index (κ2) is 19.5. The average molecular weight is 619 g/mol. The lowest BCUT2D eigenvalue weighted by Gasteiger charge is -2.22. The van der Waals surface area contributed by atoms with Crippen LogP contribution in [-0.2, 0) is 35.0 Å². The molecule has 2 rings (SSSR count). The summed E-state index contributed by atoms with van der Waals surface area (Å²) in [5.41, 5.74) is 0. The third-order valence-electron chi connectivity index (χ3n) is 6.87. The molecule has 0 aromatic heterocycles. The van der Waals surface area contributed by atoms with Crippen LogP contribution in [0.3, 0.4) is 0 Å². The molecule has 4 atom stereocenters. The van der Waals surface area contributed by atoms with Gasteiger partial charge in [-0.1, -0.05) is 26.7 Å². The van der Waals surface area contributed by atoms with Crippen molar-refractivity contribution in [3.8, 4) is 0 Å². The molecular formula is C27H46N4O6S3. The number of carbonyl (C=O) groups is 5. The molecule has 5 amide bonds. The summed E-state index contributed by atoms with van der Waals surface area (Å²) in [6, 6.07) is 0.116. The number of nitrogens with one attached hydrogen (secondary N) is 4. The molecule has 2 fully saturated rings. The van der Waals surface area contributed by atoms with E-state index in [9.17, 15) is 28.2 Å². The average Bonchev–Trinajstić information content (AvgIpc) is 3.39. The van der Waals surface area contributed by atoms with Gasteiger partial charge in [-0.2, -0.15) is 0 Å². The lowest BCUT2D eigenvalue weighted by atomic mass is 9.98. The highest BCUT2D eigenvalue weighted by atomic mass is 32.2. The Morgan fingerprint density at radius 1 is 0.875 bits per heavy atom. The molecule has 2 aliphatic rings. The van der Waals surface area contributed by atoms with Gasteiger partial charge in [-0.25, -0.2) is 4.21 Å². The van der Waals surface area contributed by atoms with E-state index < -0.39 is 11.0 Å². The van der Waals surface area contributed by atoms with Crippen LogP contribution >= 0.6 is 23.5 Å². The van der Waals surface area contributed by atoms with E-state index in [1.807, 2.05) is 0 Å². The van der Waals surface area contributed by atoms with E-state index in [0.29, 0.717) is 31.7 Å². The highest BCUT2D eigenvalue weighted by Crippen LogP contribution is 2.24. The van der Waals surface area contributed by atoms with Gasteiger partial charge in [0.25, 0.3) is 0 Å². The number of thioether (sulfide) groups is 2. The summed E-state index contributed by atoms with van der Waals surface area (Å²) >= 11 is 3.08. The number of hydrogen-bond acceptors (Lipinski definition) is 8. The van der Waals surface area contributed by atoms with Gasteiger partial charge in [-0.05, 0) is 62.4 Å². The lowest BCUT2D eigenvalue weighted by Crippen LogP contribution is -2.38. The fourth-order valence-corrected chi connectivity index (χ4v) is 8.16. The van der Waals surface area contributed by atoms with Crippen molar-refractivity contribution in [2.75, 3.05) is 18.1 Å². The number of rotatable bonds is 21. The van der Waals surface area contributed by atoms with E-state index in [4.69, 9.17) is 0 Å². The standard InChI is InChI=1S/C27H46N4O6S3/c1-19(2)20(29-23(33)13-6-4-9-15-38-21-17-24(34)30-27(21)36)11-7-8-14-28-22(32)12-5-3-10-16-39-26-18-25(35)31-40(26)37/h19-21,26H,3-18H2,1-2H3,(H,28,32)(H,29,33)(H,31,35)(H,30,34,36). The Hall–Kier alpha value is -1.60. The van der Waals surface area contributed by atoms with Crippen LogP contribution in [0.5, 0.6) is 0 Å². The molecule has 0 aromatic rings. The highest BCUT2D eigenvalue weighted by Gasteiger charge is 2.30. The molecule has 0 bridgehead atoms. The molecule has 0 radical (unpaired) electrons. The van der Waals surface area contributed by atoms with Gasteiger partial charge in [0.1, 0.15) is 15.6 Å². The number of amides is 5. The van der Waals surface area contributed by atoms with Gasteiger partial charge in [0.2, 0.25) is 29.5 Å². The minimum absolute atomic E-state index is 0.0615. The van der Waals surface area contributed by atoms with Crippen molar-refractivity contribution in [3.05, 3.63) is 0 Å². The summed E-state index contributed by atoms with van der Waals surface area (Å²) < 4.78 is 13.9. The Balaban J connectivity index is 1.43. The van der Waals surface area contributed by atoms with Crippen LogP contribution in [-0.4, -0.2) is 67.7 Å². The van der Waals surface area contributed by atoms with E-state index in [2.05, 4.69) is 34.5 Å². The first kappa shape index (κ1) is 34.6. The van der Waals surface area contributed by atoms with Crippen molar-refractivity contribution in [1.82, 2.24) is 20.7 Å². The molecular weight excluding hydrogens is 573 g/mol. The topological polar surface area (TPSA) is 151 Å². The maximum Gasteiger partial charge on any atom is 0.240 e. The first-order valence-corrected chi connectivity index (χ1v) is 17.8. The van der Waals surface area contributed by atoms with Crippen molar-refractivity contribution in [2.45, 2.75) is 113 Å². The molecule has 2 saturated heterocycles. The van der Waals surface area contributed by atoms with Gasteiger partial charge in [0.15, 0.2) is 0 Å². The van der Waals surface area contributed by atoms with Gasteiger partial charge < -0.3 is 10.6 Å².